The second kappa shape index (κ2) is 5.53. The van der Waals surface area contributed by atoms with Gasteiger partial charge >= 0.3 is 11.9 Å². The van der Waals surface area contributed by atoms with Gasteiger partial charge in [0.25, 0.3) is 5.79 Å². The third-order valence-electron chi connectivity index (χ3n) is 3.43. The van der Waals surface area contributed by atoms with Crippen molar-refractivity contribution in [2.45, 2.75) is 33.0 Å². The van der Waals surface area contributed by atoms with Gasteiger partial charge in [-0.3, -0.25) is 9.59 Å². The maximum absolute atomic E-state index is 11.4. The molecule has 1 aromatic carbocycles. The van der Waals surface area contributed by atoms with Crippen LogP contribution >= 0.6 is 0 Å². The maximum Gasteiger partial charge on any atom is 0.320 e. The van der Waals surface area contributed by atoms with Crippen LogP contribution in [0.1, 0.15) is 32.8 Å². The number of hydrogen-bond donors (Lipinski definition) is 0. The second-order valence-corrected chi connectivity index (χ2v) is 4.79. The Balaban J connectivity index is 2.24. The number of benzene rings is 1. The molecule has 0 spiro atoms. The highest BCUT2D eigenvalue weighted by molar-refractivity contribution is 5.93. The second-order valence-electron chi connectivity index (χ2n) is 4.79. The molecule has 0 atom stereocenters. The number of anilines is 1. The fourth-order valence-corrected chi connectivity index (χ4v) is 2.33. The number of rotatable bonds is 4. The molecule has 1 fully saturated rings. The lowest BCUT2D eigenvalue weighted by Crippen LogP contribution is -2.40. The summed E-state index contributed by atoms with van der Waals surface area (Å²) < 4.78 is 10.4. The molecule has 0 bridgehead atoms. The smallest absolute Gasteiger partial charge is 0.320 e. The van der Waals surface area contributed by atoms with Crippen LogP contribution in [0.3, 0.4) is 0 Å². The van der Waals surface area contributed by atoms with E-state index in [0.717, 1.165) is 18.8 Å². The molecule has 1 saturated heterocycles. The normalized spacial score (nSPS) is 17.4. The van der Waals surface area contributed by atoms with Crippen LogP contribution < -0.4 is 4.90 Å². The molecule has 0 saturated carbocycles. The first kappa shape index (κ1) is 14.4. The monoisotopic (exact) mass is 277 g/mol. The molecule has 0 aliphatic carbocycles. The first-order valence-corrected chi connectivity index (χ1v) is 6.77. The Morgan fingerprint density at radius 1 is 1.05 bits per heavy atom. The molecule has 1 aromatic rings. The van der Waals surface area contributed by atoms with Gasteiger partial charge in [-0.25, -0.2) is 0 Å². The molecule has 0 radical (unpaired) electrons. The van der Waals surface area contributed by atoms with Gasteiger partial charge in [0.15, 0.2) is 0 Å². The Morgan fingerprint density at radius 2 is 1.55 bits per heavy atom. The topological polar surface area (TPSA) is 55.8 Å². The van der Waals surface area contributed by atoms with Gasteiger partial charge in [0.2, 0.25) is 0 Å². The summed E-state index contributed by atoms with van der Waals surface area (Å²) in [7, 11) is 0. The largest absolute Gasteiger partial charge is 0.418 e. The van der Waals surface area contributed by atoms with Crippen LogP contribution in [0.15, 0.2) is 24.3 Å². The molecule has 5 nitrogen and oxygen atoms in total. The van der Waals surface area contributed by atoms with Crippen molar-refractivity contribution in [1.82, 2.24) is 0 Å². The third-order valence-corrected chi connectivity index (χ3v) is 3.43. The van der Waals surface area contributed by atoms with E-state index in [1.165, 1.54) is 0 Å². The Labute approximate surface area is 118 Å². The SMILES string of the molecule is CCN(CC)c1ccc(C2(C)OC(=O)CC(=O)O2)cc1. The van der Waals surface area contributed by atoms with E-state index in [-0.39, 0.29) is 6.42 Å². The molecule has 1 heterocycles. The van der Waals surface area contributed by atoms with E-state index < -0.39 is 17.7 Å². The molecule has 108 valence electrons. The van der Waals surface area contributed by atoms with Gasteiger partial charge in [0.05, 0.1) is 0 Å². The van der Waals surface area contributed by atoms with Crippen molar-refractivity contribution in [3.63, 3.8) is 0 Å². The molecule has 0 amide bonds. The van der Waals surface area contributed by atoms with Gasteiger partial charge in [-0.15, -0.1) is 0 Å². The van der Waals surface area contributed by atoms with Gasteiger partial charge < -0.3 is 14.4 Å². The minimum Gasteiger partial charge on any atom is -0.418 e. The number of carbonyl (C=O) groups is 2. The zero-order valence-electron chi connectivity index (χ0n) is 12.0. The number of hydrogen-bond acceptors (Lipinski definition) is 5. The Kier molecular flexibility index (Phi) is 3.97. The van der Waals surface area contributed by atoms with Gasteiger partial charge in [-0.2, -0.15) is 0 Å². The highest BCUT2D eigenvalue weighted by atomic mass is 16.7. The number of carbonyl (C=O) groups excluding carboxylic acids is 2. The lowest BCUT2D eigenvalue weighted by Gasteiger charge is -2.33. The number of ether oxygens (including phenoxy) is 2. The molecule has 2 rings (SSSR count). The van der Waals surface area contributed by atoms with Gasteiger partial charge in [0.1, 0.15) is 6.42 Å². The average molecular weight is 277 g/mol. The van der Waals surface area contributed by atoms with Crippen LogP contribution in [0.5, 0.6) is 0 Å². The Bertz CT molecular complexity index is 489. The van der Waals surface area contributed by atoms with Crippen molar-refractivity contribution < 1.29 is 19.1 Å². The Morgan fingerprint density at radius 3 is 2.00 bits per heavy atom. The molecule has 20 heavy (non-hydrogen) atoms. The van der Waals surface area contributed by atoms with E-state index in [2.05, 4.69) is 18.7 Å². The van der Waals surface area contributed by atoms with E-state index in [0.29, 0.717) is 5.56 Å². The van der Waals surface area contributed by atoms with Gasteiger partial charge in [-0.1, -0.05) is 0 Å². The van der Waals surface area contributed by atoms with E-state index in [1.807, 2.05) is 24.3 Å². The van der Waals surface area contributed by atoms with Crippen LogP contribution in [-0.4, -0.2) is 25.0 Å². The fraction of sp³-hybridized carbons (Fsp3) is 0.467. The minimum absolute atomic E-state index is 0.326. The van der Waals surface area contributed by atoms with E-state index in [9.17, 15) is 9.59 Å². The predicted molar refractivity (Wildman–Crippen MR) is 74.2 cm³/mol. The molecule has 1 aliphatic rings. The molecule has 0 N–H and O–H groups in total. The van der Waals surface area contributed by atoms with Crippen molar-refractivity contribution in [3.05, 3.63) is 29.8 Å². The number of cyclic esters (lactones) is 2. The van der Waals surface area contributed by atoms with Gasteiger partial charge in [0, 0.05) is 31.3 Å². The first-order chi connectivity index (χ1) is 9.48. The lowest BCUT2D eigenvalue weighted by atomic mass is 10.1. The lowest BCUT2D eigenvalue weighted by molar-refractivity contribution is -0.242. The van der Waals surface area contributed by atoms with Crippen LogP contribution in [0.2, 0.25) is 0 Å². The van der Waals surface area contributed by atoms with E-state index >= 15 is 0 Å². The predicted octanol–water partition coefficient (Wildman–Crippen LogP) is 2.20. The first-order valence-electron chi connectivity index (χ1n) is 6.77. The molecule has 1 aliphatic heterocycles. The van der Waals surface area contributed by atoms with Crippen molar-refractivity contribution in [2.75, 3.05) is 18.0 Å². The molecular weight excluding hydrogens is 258 g/mol. The molecule has 0 unspecified atom stereocenters. The van der Waals surface area contributed by atoms with Crippen molar-refractivity contribution in [3.8, 4) is 0 Å². The summed E-state index contributed by atoms with van der Waals surface area (Å²) in [5.41, 5.74) is 1.73. The average Bonchev–Trinajstić information content (AvgIpc) is 2.39. The van der Waals surface area contributed by atoms with Crippen LogP contribution in [0.4, 0.5) is 5.69 Å². The van der Waals surface area contributed by atoms with E-state index in [1.54, 1.807) is 6.92 Å². The van der Waals surface area contributed by atoms with Crippen LogP contribution in [0, 0.1) is 0 Å². The standard InChI is InChI=1S/C15H19NO4/c1-4-16(5-2)12-8-6-11(7-9-12)15(3)19-13(17)10-14(18)20-15/h6-9H,4-5,10H2,1-3H3. The summed E-state index contributed by atoms with van der Waals surface area (Å²) in [6, 6.07) is 7.51. The molecule has 0 aromatic heterocycles. The summed E-state index contributed by atoms with van der Waals surface area (Å²) in [6.07, 6.45) is -0.326. The van der Waals surface area contributed by atoms with Crippen LogP contribution in [-0.2, 0) is 24.8 Å². The van der Waals surface area contributed by atoms with Gasteiger partial charge in [-0.05, 0) is 38.1 Å². The number of nitrogens with zero attached hydrogens (tertiary/aromatic N) is 1. The maximum atomic E-state index is 11.4. The minimum atomic E-state index is -1.33. The van der Waals surface area contributed by atoms with Crippen molar-refractivity contribution in [1.29, 1.82) is 0 Å². The summed E-state index contributed by atoms with van der Waals surface area (Å²) in [5, 5.41) is 0. The van der Waals surface area contributed by atoms with Crippen LogP contribution in [0.25, 0.3) is 0 Å². The quantitative estimate of drug-likeness (QED) is 0.624. The summed E-state index contributed by atoms with van der Waals surface area (Å²) in [4.78, 5) is 25.0. The highest BCUT2D eigenvalue weighted by Gasteiger charge is 2.40. The fourth-order valence-electron chi connectivity index (χ4n) is 2.33. The van der Waals surface area contributed by atoms with Crippen molar-refractivity contribution in [2.24, 2.45) is 0 Å². The number of esters is 2. The van der Waals surface area contributed by atoms with Crippen molar-refractivity contribution >= 4 is 17.6 Å². The zero-order chi connectivity index (χ0) is 14.8. The molecule has 5 heteroatoms. The van der Waals surface area contributed by atoms with E-state index in [4.69, 9.17) is 9.47 Å². The Hall–Kier alpha value is -2.04. The summed E-state index contributed by atoms with van der Waals surface area (Å²) in [5.74, 6) is -2.44. The summed E-state index contributed by atoms with van der Waals surface area (Å²) >= 11 is 0. The highest BCUT2D eigenvalue weighted by Crippen LogP contribution is 2.32. The summed E-state index contributed by atoms with van der Waals surface area (Å²) in [6.45, 7) is 7.58. The molecular formula is C15H19NO4. The zero-order valence-corrected chi connectivity index (χ0v) is 12.0. The third kappa shape index (κ3) is 2.76.